The molecular weight excluding hydrogens is 430 g/mol. The minimum atomic E-state index is -0.429. The van der Waals surface area contributed by atoms with Crippen molar-refractivity contribution in [2.45, 2.75) is 37.9 Å². The predicted octanol–water partition coefficient (Wildman–Crippen LogP) is 4.55. The average molecular weight is 458 g/mol. The molecule has 0 bridgehead atoms. The molecule has 31 heavy (non-hydrogen) atoms. The Morgan fingerprint density at radius 1 is 1.10 bits per heavy atom. The highest BCUT2D eigenvalue weighted by Crippen LogP contribution is 2.37. The fourth-order valence-electron chi connectivity index (χ4n) is 4.58. The molecule has 2 aromatic carbocycles. The number of likely N-dealkylation sites (tertiary alicyclic amines) is 1. The van der Waals surface area contributed by atoms with Gasteiger partial charge in [-0.05, 0) is 43.9 Å². The van der Waals surface area contributed by atoms with Gasteiger partial charge in [-0.15, -0.1) is 12.4 Å². The summed E-state index contributed by atoms with van der Waals surface area (Å²) < 4.78 is 7.44. The number of benzene rings is 2. The minimum absolute atomic E-state index is 0. The van der Waals surface area contributed by atoms with Crippen LogP contribution in [0.5, 0.6) is 0 Å². The second-order valence-electron chi connectivity index (χ2n) is 8.41. The van der Waals surface area contributed by atoms with Gasteiger partial charge in [0.15, 0.2) is 5.13 Å². The average Bonchev–Trinajstić information content (AvgIpc) is 3.21. The smallest absolute Gasteiger partial charge is 0.257 e. The first-order valence-electron chi connectivity index (χ1n) is 10.7. The zero-order valence-corrected chi connectivity index (χ0v) is 19.3. The molecule has 2 aliphatic heterocycles. The van der Waals surface area contributed by atoms with Crippen LogP contribution in [0.2, 0.25) is 0 Å². The number of carbonyl (C=O) groups excluding carboxylic acids is 1. The number of ether oxygens (including phenoxy) is 1. The van der Waals surface area contributed by atoms with Crippen molar-refractivity contribution in [3.63, 3.8) is 0 Å². The van der Waals surface area contributed by atoms with Crippen LogP contribution in [-0.4, -0.2) is 53.7 Å². The Bertz CT molecular complexity index is 1000. The van der Waals surface area contributed by atoms with Crippen molar-refractivity contribution in [2.75, 3.05) is 31.1 Å². The normalized spacial score (nSPS) is 21.4. The van der Waals surface area contributed by atoms with Gasteiger partial charge in [0.2, 0.25) is 0 Å². The van der Waals surface area contributed by atoms with Crippen molar-refractivity contribution in [3.05, 3.63) is 60.2 Å². The number of halogens is 1. The van der Waals surface area contributed by atoms with Crippen LogP contribution in [0, 0.1) is 0 Å². The van der Waals surface area contributed by atoms with Crippen molar-refractivity contribution in [1.82, 2.24) is 9.88 Å². The summed E-state index contributed by atoms with van der Waals surface area (Å²) >= 11 is 1.59. The summed E-state index contributed by atoms with van der Waals surface area (Å²) in [5.41, 5.74) is 2.07. The number of nitrogens with zero attached hydrogens (tertiary/aromatic N) is 3. The molecule has 1 atom stereocenters. The first-order valence-corrected chi connectivity index (χ1v) is 11.5. The fraction of sp³-hybridized carbons (Fsp3) is 0.417. The van der Waals surface area contributed by atoms with Gasteiger partial charge in [0, 0.05) is 19.6 Å². The predicted molar refractivity (Wildman–Crippen MR) is 128 cm³/mol. The van der Waals surface area contributed by atoms with Crippen LogP contribution in [0.25, 0.3) is 10.2 Å². The van der Waals surface area contributed by atoms with Crippen molar-refractivity contribution in [1.29, 1.82) is 0 Å². The molecule has 7 heteroatoms. The van der Waals surface area contributed by atoms with Gasteiger partial charge >= 0.3 is 0 Å². The Labute approximate surface area is 193 Å². The van der Waals surface area contributed by atoms with E-state index in [1.54, 1.807) is 11.3 Å². The van der Waals surface area contributed by atoms with E-state index < -0.39 is 6.10 Å². The highest BCUT2D eigenvalue weighted by molar-refractivity contribution is 7.22. The van der Waals surface area contributed by atoms with E-state index in [-0.39, 0.29) is 23.9 Å². The molecule has 5 nitrogen and oxygen atoms in total. The van der Waals surface area contributed by atoms with Gasteiger partial charge in [-0.1, -0.05) is 53.8 Å². The van der Waals surface area contributed by atoms with E-state index in [1.165, 1.54) is 5.56 Å². The Morgan fingerprint density at radius 3 is 2.55 bits per heavy atom. The Morgan fingerprint density at radius 2 is 1.81 bits per heavy atom. The molecule has 1 spiro atoms. The van der Waals surface area contributed by atoms with Gasteiger partial charge in [-0.25, -0.2) is 4.98 Å². The maximum atomic E-state index is 12.9. The van der Waals surface area contributed by atoms with Gasteiger partial charge in [0.05, 0.1) is 22.4 Å². The lowest BCUT2D eigenvalue weighted by Crippen LogP contribution is -2.61. The van der Waals surface area contributed by atoms with Crippen LogP contribution < -0.4 is 4.90 Å². The summed E-state index contributed by atoms with van der Waals surface area (Å²) in [6.07, 6.45) is 2.53. The van der Waals surface area contributed by atoms with E-state index in [9.17, 15) is 4.79 Å². The summed E-state index contributed by atoms with van der Waals surface area (Å²) in [5, 5.41) is 0.794. The van der Waals surface area contributed by atoms with E-state index in [2.05, 4.69) is 41.3 Å². The number of anilines is 1. The number of aromatic nitrogens is 1. The van der Waals surface area contributed by atoms with E-state index in [0.717, 1.165) is 54.2 Å². The number of thiazole rings is 1. The van der Waals surface area contributed by atoms with Gasteiger partial charge < -0.3 is 9.64 Å². The van der Waals surface area contributed by atoms with Gasteiger partial charge in [-0.3, -0.25) is 9.69 Å². The molecule has 2 saturated heterocycles. The molecule has 0 N–H and O–H groups in total. The number of fused-ring (bicyclic) bond motifs is 1. The Kier molecular flexibility index (Phi) is 6.63. The van der Waals surface area contributed by atoms with E-state index >= 15 is 0 Å². The fourth-order valence-corrected chi connectivity index (χ4v) is 5.55. The molecule has 2 fully saturated rings. The molecule has 0 radical (unpaired) electrons. The number of para-hydroxylation sites is 1. The standard InChI is InChI=1S/C24H27N3O2S.ClH/c1-18-22(28)27(23-25-20-9-5-6-10-21(20)30-23)17-24(29-18)12-15-26(16-13-24)14-11-19-7-3-2-4-8-19;/h2-10,18H,11-17H2,1H3;1H. The van der Waals surface area contributed by atoms with Crippen molar-refractivity contribution < 1.29 is 9.53 Å². The molecule has 1 aromatic heterocycles. The molecule has 1 unspecified atom stereocenters. The summed E-state index contributed by atoms with van der Waals surface area (Å²) in [5.74, 6) is 0.0196. The SMILES string of the molecule is CC1OC2(CCN(CCc3ccccc3)CC2)CN(c2nc3ccccc3s2)C1=O.Cl. The minimum Gasteiger partial charge on any atom is -0.360 e. The molecule has 0 saturated carbocycles. The number of hydrogen-bond acceptors (Lipinski definition) is 5. The first-order chi connectivity index (χ1) is 14.6. The van der Waals surface area contributed by atoms with Crippen LogP contribution in [0.1, 0.15) is 25.3 Å². The van der Waals surface area contributed by atoms with Crippen LogP contribution >= 0.6 is 23.7 Å². The third kappa shape index (κ3) is 4.62. The van der Waals surface area contributed by atoms with Gasteiger partial charge in [0.25, 0.3) is 5.91 Å². The van der Waals surface area contributed by atoms with E-state index in [1.807, 2.05) is 30.0 Å². The van der Waals surface area contributed by atoms with Crippen LogP contribution in [-0.2, 0) is 16.0 Å². The zero-order valence-electron chi connectivity index (χ0n) is 17.7. The van der Waals surface area contributed by atoms with Crippen molar-refractivity contribution >= 4 is 45.0 Å². The first kappa shape index (κ1) is 22.2. The highest BCUT2D eigenvalue weighted by Gasteiger charge is 2.46. The summed E-state index contributed by atoms with van der Waals surface area (Å²) in [6, 6.07) is 18.7. The number of carbonyl (C=O) groups is 1. The van der Waals surface area contributed by atoms with Gasteiger partial charge in [-0.2, -0.15) is 0 Å². The Hall–Kier alpha value is -1.99. The van der Waals surface area contributed by atoms with Crippen LogP contribution in [0.4, 0.5) is 5.13 Å². The summed E-state index contributed by atoms with van der Waals surface area (Å²) in [7, 11) is 0. The number of rotatable bonds is 4. The monoisotopic (exact) mass is 457 g/mol. The zero-order chi connectivity index (χ0) is 20.6. The maximum absolute atomic E-state index is 12.9. The van der Waals surface area contributed by atoms with E-state index in [4.69, 9.17) is 9.72 Å². The number of morpholine rings is 1. The van der Waals surface area contributed by atoms with Crippen LogP contribution in [0.15, 0.2) is 54.6 Å². The highest BCUT2D eigenvalue weighted by atomic mass is 35.5. The maximum Gasteiger partial charge on any atom is 0.257 e. The lowest BCUT2D eigenvalue weighted by Gasteiger charge is -2.48. The molecule has 0 aliphatic carbocycles. The molecule has 2 aliphatic rings. The molecular formula is C24H28ClN3O2S. The number of piperidine rings is 1. The topological polar surface area (TPSA) is 45.7 Å². The molecule has 1 amide bonds. The van der Waals surface area contributed by atoms with Crippen molar-refractivity contribution in [3.8, 4) is 0 Å². The quantitative estimate of drug-likeness (QED) is 0.576. The third-order valence-electron chi connectivity index (χ3n) is 6.33. The van der Waals surface area contributed by atoms with Crippen molar-refractivity contribution in [2.24, 2.45) is 0 Å². The lowest BCUT2D eigenvalue weighted by atomic mass is 9.88. The molecule has 3 aromatic rings. The van der Waals surface area contributed by atoms with Gasteiger partial charge in [0.1, 0.15) is 6.10 Å². The number of amides is 1. The molecule has 3 heterocycles. The lowest BCUT2D eigenvalue weighted by molar-refractivity contribution is -0.161. The molecule has 5 rings (SSSR count). The second kappa shape index (κ2) is 9.25. The van der Waals surface area contributed by atoms with E-state index in [0.29, 0.717) is 6.54 Å². The largest absolute Gasteiger partial charge is 0.360 e. The van der Waals surface area contributed by atoms with Crippen LogP contribution in [0.3, 0.4) is 0 Å². The summed E-state index contributed by atoms with van der Waals surface area (Å²) in [6.45, 7) is 5.55. The Balaban J connectivity index is 0.00000231. The summed E-state index contributed by atoms with van der Waals surface area (Å²) in [4.78, 5) is 22.0. The third-order valence-corrected chi connectivity index (χ3v) is 7.39. The second-order valence-corrected chi connectivity index (χ2v) is 9.42. The molecule has 164 valence electrons. The number of hydrogen-bond donors (Lipinski definition) is 0.